The van der Waals surface area contributed by atoms with Crippen molar-refractivity contribution in [3.63, 3.8) is 0 Å². The molecule has 0 spiro atoms. The molecule has 4 heteroatoms. The number of nitrogens with one attached hydrogen (secondary N) is 1. The Morgan fingerprint density at radius 2 is 2.06 bits per heavy atom. The molecule has 1 aromatic heterocycles. The van der Waals surface area contributed by atoms with Crippen LogP contribution in [0.15, 0.2) is 22.6 Å². The number of hydrogen-bond donors (Lipinski definition) is 1. The van der Waals surface area contributed by atoms with Gasteiger partial charge in [0.05, 0.1) is 0 Å². The fourth-order valence-electron chi connectivity index (χ4n) is 1.67. The van der Waals surface area contributed by atoms with Crippen molar-refractivity contribution in [2.24, 2.45) is 4.40 Å². The van der Waals surface area contributed by atoms with Crippen molar-refractivity contribution in [3.05, 3.63) is 35.3 Å². The first-order valence-electron chi connectivity index (χ1n) is 5.86. The molecule has 0 saturated heterocycles. The minimum absolute atomic E-state index is 0.0434. The summed E-state index contributed by atoms with van der Waals surface area (Å²) < 4.78 is 18.5. The maximum Gasteiger partial charge on any atom is 0.141 e. The molecule has 0 aliphatic heterocycles. The average molecular weight is 264 g/mol. The summed E-state index contributed by atoms with van der Waals surface area (Å²) in [7, 11) is 0. The Morgan fingerprint density at radius 3 is 2.72 bits per heavy atom. The van der Waals surface area contributed by atoms with Crippen molar-refractivity contribution >= 4 is 29.1 Å². The Bertz CT molecular complexity index is 594. The van der Waals surface area contributed by atoms with Gasteiger partial charge in [0.15, 0.2) is 0 Å². The van der Waals surface area contributed by atoms with Crippen LogP contribution in [0.2, 0.25) is 0 Å². The number of nitrogens with zero attached hydrogens (tertiary/aromatic N) is 1. The molecule has 1 aromatic carbocycles. The van der Waals surface area contributed by atoms with Gasteiger partial charge in [-0.25, -0.2) is 8.79 Å². The lowest BCUT2D eigenvalue weighted by Gasteiger charge is -2.12. The maximum absolute atomic E-state index is 14.2. The van der Waals surface area contributed by atoms with Crippen LogP contribution in [0.5, 0.6) is 0 Å². The Balaban J connectivity index is 2.32. The minimum Gasteiger partial charge on any atom is -0.359 e. The number of halogens is 1. The summed E-state index contributed by atoms with van der Waals surface area (Å²) in [5, 5.41) is 0.622. The monoisotopic (exact) mass is 264 g/mol. The molecule has 0 bridgehead atoms. The Labute approximate surface area is 111 Å². The molecule has 2 rings (SSSR count). The lowest BCUT2D eigenvalue weighted by Crippen LogP contribution is -2.05. The summed E-state index contributed by atoms with van der Waals surface area (Å²) in [6, 6.07) is 5.45. The summed E-state index contributed by atoms with van der Waals surface area (Å²) in [5.41, 5.74) is 2.31. The van der Waals surface area contributed by atoms with Gasteiger partial charge in [0.25, 0.3) is 0 Å². The molecule has 96 valence electrons. The molecule has 2 nitrogen and oxygen atoms in total. The lowest BCUT2D eigenvalue weighted by atomic mass is 10.1. The van der Waals surface area contributed by atoms with Gasteiger partial charge in [-0.15, -0.1) is 0 Å². The number of benzene rings is 1. The second kappa shape index (κ2) is 4.76. The van der Waals surface area contributed by atoms with Crippen LogP contribution >= 0.6 is 11.9 Å². The molecule has 18 heavy (non-hydrogen) atoms. The number of fused-ring (bicyclic) bond motifs is 1. The first-order valence-corrected chi connectivity index (χ1v) is 6.63. The Kier molecular flexibility index (Phi) is 3.48. The molecule has 0 aliphatic carbocycles. The summed E-state index contributed by atoms with van der Waals surface area (Å²) in [6.45, 7) is 8.14. The Morgan fingerprint density at radius 1 is 1.33 bits per heavy atom. The minimum atomic E-state index is -0.213. The zero-order chi connectivity index (χ0) is 13.3. The molecule has 1 N–H and O–H groups in total. The third kappa shape index (κ3) is 2.93. The van der Waals surface area contributed by atoms with Crippen molar-refractivity contribution in [2.45, 2.75) is 32.4 Å². The number of aromatic amines is 1. The van der Waals surface area contributed by atoms with E-state index in [-0.39, 0.29) is 10.6 Å². The first kappa shape index (κ1) is 13.1. The maximum atomic E-state index is 14.2. The van der Waals surface area contributed by atoms with E-state index in [9.17, 15) is 4.39 Å². The van der Waals surface area contributed by atoms with Crippen LogP contribution in [0.25, 0.3) is 10.9 Å². The molecule has 0 saturated carbocycles. The zero-order valence-electron chi connectivity index (χ0n) is 11.0. The predicted octanol–water partition coefficient (Wildman–Crippen LogP) is 4.48. The summed E-state index contributed by atoms with van der Waals surface area (Å²) in [4.78, 5) is 3.12. The van der Waals surface area contributed by atoms with E-state index in [0.717, 1.165) is 11.2 Å². The van der Waals surface area contributed by atoms with E-state index in [0.29, 0.717) is 10.9 Å². The van der Waals surface area contributed by atoms with E-state index in [1.807, 2.05) is 19.1 Å². The zero-order valence-corrected chi connectivity index (χ0v) is 11.9. The van der Waals surface area contributed by atoms with Gasteiger partial charge in [-0.2, -0.15) is 0 Å². The van der Waals surface area contributed by atoms with Crippen LogP contribution in [-0.2, 0) is 0 Å². The van der Waals surface area contributed by atoms with E-state index in [1.165, 1.54) is 11.9 Å². The fourth-order valence-corrected chi connectivity index (χ4v) is 2.15. The van der Waals surface area contributed by atoms with Gasteiger partial charge < -0.3 is 4.98 Å². The topological polar surface area (TPSA) is 28.1 Å². The van der Waals surface area contributed by atoms with Crippen LogP contribution < -0.4 is 0 Å². The molecule has 1 heterocycles. The normalized spacial score (nSPS) is 12.7. The van der Waals surface area contributed by atoms with Crippen molar-refractivity contribution in [3.8, 4) is 0 Å². The molecule has 0 amide bonds. The highest BCUT2D eigenvalue weighted by molar-refractivity contribution is 7.99. The molecule has 0 atom stereocenters. The van der Waals surface area contributed by atoms with E-state index in [2.05, 4.69) is 30.2 Å². The van der Waals surface area contributed by atoms with E-state index < -0.39 is 0 Å². The van der Waals surface area contributed by atoms with E-state index in [4.69, 9.17) is 0 Å². The van der Waals surface area contributed by atoms with Gasteiger partial charge in [-0.1, -0.05) is 0 Å². The Hall–Kier alpha value is -1.29. The van der Waals surface area contributed by atoms with Crippen molar-refractivity contribution in [1.82, 2.24) is 4.98 Å². The van der Waals surface area contributed by atoms with Gasteiger partial charge in [0.2, 0.25) is 0 Å². The fraction of sp³-hybridized carbons (Fsp3) is 0.357. The lowest BCUT2D eigenvalue weighted by molar-refractivity contribution is 0.638. The third-order valence-electron chi connectivity index (χ3n) is 2.42. The van der Waals surface area contributed by atoms with Crippen LogP contribution in [0.4, 0.5) is 4.39 Å². The molecule has 0 unspecified atom stereocenters. The van der Waals surface area contributed by atoms with Gasteiger partial charge >= 0.3 is 0 Å². The average Bonchev–Trinajstić information content (AvgIpc) is 2.62. The third-order valence-corrected chi connectivity index (χ3v) is 3.18. The predicted molar refractivity (Wildman–Crippen MR) is 77.9 cm³/mol. The molecule has 0 radical (unpaired) electrons. The number of hydrogen-bond acceptors (Lipinski definition) is 2. The second-order valence-corrected chi connectivity index (χ2v) is 6.94. The van der Waals surface area contributed by atoms with Gasteiger partial charge in [-0.05, 0) is 57.8 Å². The van der Waals surface area contributed by atoms with Crippen LogP contribution in [0.3, 0.4) is 0 Å². The number of aryl methyl sites for hydroxylation is 1. The number of aromatic nitrogens is 1. The standard InChI is InChI=1S/C14H17FN2S/c1-9-7-11-12(17-9)6-5-10(13(11)15)8-16-18-14(2,3)4/h5-8,17H,1-4H3. The van der Waals surface area contributed by atoms with Crippen LogP contribution in [0, 0.1) is 12.7 Å². The summed E-state index contributed by atoms with van der Waals surface area (Å²) in [5.74, 6) is -0.213. The molecular formula is C14H17FN2S. The smallest absolute Gasteiger partial charge is 0.141 e. The summed E-state index contributed by atoms with van der Waals surface area (Å²) >= 11 is 1.44. The number of rotatable bonds is 2. The van der Waals surface area contributed by atoms with Crippen LogP contribution in [-0.4, -0.2) is 15.9 Å². The highest BCUT2D eigenvalue weighted by Crippen LogP contribution is 2.25. The number of H-pyrrole nitrogens is 1. The molecule has 0 fully saturated rings. The van der Waals surface area contributed by atoms with Crippen molar-refractivity contribution in [1.29, 1.82) is 0 Å². The SMILES string of the molecule is Cc1cc2c(F)c(C=NSC(C)(C)C)ccc2[nH]1. The quantitative estimate of drug-likeness (QED) is 0.628. The first-order chi connectivity index (χ1) is 8.37. The summed E-state index contributed by atoms with van der Waals surface area (Å²) in [6.07, 6.45) is 1.59. The van der Waals surface area contributed by atoms with E-state index in [1.54, 1.807) is 12.3 Å². The van der Waals surface area contributed by atoms with Gasteiger partial charge in [0.1, 0.15) is 5.82 Å². The van der Waals surface area contributed by atoms with Gasteiger partial charge in [-0.3, -0.25) is 0 Å². The molecule has 0 aliphatic rings. The largest absolute Gasteiger partial charge is 0.359 e. The second-order valence-electron chi connectivity index (χ2n) is 5.32. The van der Waals surface area contributed by atoms with Crippen molar-refractivity contribution < 1.29 is 4.39 Å². The molecule has 2 aromatic rings. The highest BCUT2D eigenvalue weighted by Gasteiger charge is 2.10. The van der Waals surface area contributed by atoms with Crippen LogP contribution in [0.1, 0.15) is 32.0 Å². The van der Waals surface area contributed by atoms with Gasteiger partial charge in [0, 0.05) is 33.1 Å². The van der Waals surface area contributed by atoms with E-state index >= 15 is 0 Å². The van der Waals surface area contributed by atoms with Crippen molar-refractivity contribution in [2.75, 3.05) is 0 Å². The highest BCUT2D eigenvalue weighted by atomic mass is 32.2. The molecular weight excluding hydrogens is 247 g/mol.